The summed E-state index contributed by atoms with van der Waals surface area (Å²) in [7, 11) is 0. The van der Waals surface area contributed by atoms with Crippen molar-refractivity contribution in [3.8, 4) is 10.8 Å². The molecule has 0 bridgehead atoms. The Morgan fingerprint density at radius 1 is 0.947 bits per heavy atom. The molecule has 0 unspecified atom stereocenters. The van der Waals surface area contributed by atoms with Crippen LogP contribution in [0.2, 0.25) is 0 Å². The van der Waals surface area contributed by atoms with E-state index >= 15 is 0 Å². The predicted octanol–water partition coefficient (Wildman–Crippen LogP) is 3.01. The molecular weight excluding hydrogens is 323 g/mol. The molecule has 0 aromatic heterocycles. The molecule has 1 radical (unpaired) electrons. The molecule has 4 nitrogen and oxygen atoms in total. The first-order valence-electron chi connectivity index (χ1n) is 5.47. The maximum Gasteiger partial charge on any atom is 0 e. The number of hydrogen-bond donors (Lipinski definition) is 0. The first-order valence-corrected chi connectivity index (χ1v) is 6.29. The summed E-state index contributed by atoms with van der Waals surface area (Å²) >= 11 is 7.40. The van der Waals surface area contributed by atoms with E-state index in [9.17, 15) is 0 Å². The average Bonchev–Trinajstić information content (AvgIpc) is 2.45. The van der Waals surface area contributed by atoms with Gasteiger partial charge in [-0.2, -0.15) is 6.20 Å². The third kappa shape index (κ3) is 31.7. The summed E-state index contributed by atoms with van der Waals surface area (Å²) in [5.74, 6) is 0. The largest absolute Gasteiger partial charge is 0.696 e. The molecule has 2 heterocycles. The van der Waals surface area contributed by atoms with E-state index in [0.29, 0.717) is 0 Å². The number of thiocyanates is 2. The van der Waals surface area contributed by atoms with Crippen molar-refractivity contribution in [3.63, 3.8) is 0 Å². The zero-order valence-electron chi connectivity index (χ0n) is 10.5. The molecule has 0 atom stereocenters. The topological polar surface area (TPSA) is 75.8 Å². The van der Waals surface area contributed by atoms with Crippen molar-refractivity contribution < 1.29 is 16.8 Å². The van der Waals surface area contributed by atoms with Gasteiger partial charge in [-0.3, -0.25) is 0 Å². The Labute approximate surface area is 137 Å². The molecule has 0 aromatic rings. The van der Waals surface area contributed by atoms with Crippen LogP contribution in [0.4, 0.5) is 0 Å². The van der Waals surface area contributed by atoms with Crippen LogP contribution < -0.4 is 0 Å². The average molecular weight is 339 g/mol. The van der Waals surface area contributed by atoms with Crippen molar-refractivity contribution in [2.24, 2.45) is 0 Å². The van der Waals surface area contributed by atoms with Gasteiger partial charge in [-0.25, -0.2) is 10.5 Å². The molecule has 2 aliphatic rings. The smallest absolute Gasteiger partial charge is 0 e. The van der Waals surface area contributed by atoms with E-state index in [1.807, 2.05) is 18.2 Å². The van der Waals surface area contributed by atoms with Gasteiger partial charge in [0, 0.05) is 16.8 Å². The number of hydrogen-bond acceptors (Lipinski definition) is 4. The molecule has 109 valence electrons. The molecule has 0 amide bonds. The van der Waals surface area contributed by atoms with E-state index in [4.69, 9.17) is 10.5 Å². The van der Waals surface area contributed by atoms with Crippen LogP contribution in [0.15, 0.2) is 24.4 Å². The second kappa shape index (κ2) is 25.9. The molecule has 2 rings (SSSR count). The van der Waals surface area contributed by atoms with Crippen LogP contribution in [0, 0.1) is 21.3 Å². The number of nitrogens with zero attached hydrogens (tertiary/aromatic N) is 4. The number of piperidine rings is 1. The van der Waals surface area contributed by atoms with Crippen molar-refractivity contribution in [3.05, 3.63) is 35.1 Å². The number of rotatable bonds is 0. The van der Waals surface area contributed by atoms with Crippen molar-refractivity contribution in [2.45, 2.75) is 19.3 Å². The molecule has 0 spiro atoms. The SMILES string of the molecule is C1=CC[N-]C=C1.C1CC[N-]CC1.N#C[S-].N#C[S-].[Co]. The predicted molar refractivity (Wildman–Crippen MR) is 79.4 cm³/mol. The van der Waals surface area contributed by atoms with E-state index in [0.717, 1.165) is 19.6 Å². The summed E-state index contributed by atoms with van der Waals surface area (Å²) in [5, 5.41) is 25.0. The first kappa shape index (κ1) is 23.3. The van der Waals surface area contributed by atoms with E-state index in [2.05, 4.69) is 35.9 Å². The Hall–Kier alpha value is -0.834. The Morgan fingerprint density at radius 2 is 1.47 bits per heavy atom. The molecule has 0 aliphatic carbocycles. The monoisotopic (exact) mass is 339 g/mol. The number of allylic oxidation sites excluding steroid dienone is 2. The van der Waals surface area contributed by atoms with E-state index in [-0.39, 0.29) is 16.8 Å². The Balaban J connectivity index is -0.000000188. The van der Waals surface area contributed by atoms with Gasteiger partial charge in [0.25, 0.3) is 0 Å². The molecule has 0 N–H and O–H groups in total. The van der Waals surface area contributed by atoms with Crippen LogP contribution in [0.25, 0.3) is 10.6 Å². The summed E-state index contributed by atoms with van der Waals surface area (Å²) < 4.78 is 0. The summed E-state index contributed by atoms with van der Waals surface area (Å²) in [6.45, 7) is 3.11. The van der Waals surface area contributed by atoms with Crippen LogP contribution in [-0.4, -0.2) is 19.6 Å². The van der Waals surface area contributed by atoms with Crippen molar-refractivity contribution in [2.75, 3.05) is 19.6 Å². The molecule has 7 heteroatoms. The van der Waals surface area contributed by atoms with Gasteiger partial charge >= 0.3 is 0 Å². The van der Waals surface area contributed by atoms with Crippen LogP contribution in [0.1, 0.15) is 19.3 Å². The molecule has 19 heavy (non-hydrogen) atoms. The first-order chi connectivity index (χ1) is 8.83. The standard InChI is InChI=1S/C5H10N.C5H6N.2CHNS.Co/c2*1-2-4-6-5-3-1;2*2-1-3;/h1-5H2;1-4H,5H2;2*3H;/q2*-1;;;/p-2. The normalized spacial score (nSPS) is 13.8. The zero-order chi connectivity index (χ0) is 13.9. The van der Waals surface area contributed by atoms with E-state index in [1.165, 1.54) is 30.1 Å². The van der Waals surface area contributed by atoms with Gasteiger partial charge < -0.3 is 35.9 Å². The van der Waals surface area contributed by atoms with E-state index in [1.54, 1.807) is 6.20 Å². The molecular formula is C12H16CoN4S2-4. The van der Waals surface area contributed by atoms with Crippen LogP contribution in [-0.2, 0) is 42.0 Å². The number of nitriles is 2. The molecule has 1 saturated heterocycles. The van der Waals surface area contributed by atoms with Gasteiger partial charge in [-0.15, -0.1) is 25.7 Å². The van der Waals surface area contributed by atoms with Gasteiger partial charge in [0.2, 0.25) is 0 Å². The third-order valence-electron chi connectivity index (χ3n) is 1.78. The van der Waals surface area contributed by atoms with Crippen LogP contribution in [0.5, 0.6) is 0 Å². The molecule has 0 aromatic carbocycles. The molecule has 1 fully saturated rings. The van der Waals surface area contributed by atoms with Crippen molar-refractivity contribution in [1.29, 1.82) is 10.5 Å². The quantitative estimate of drug-likeness (QED) is 0.502. The minimum atomic E-state index is 0. The Bertz CT molecular complexity index is 256. The second-order valence-electron chi connectivity index (χ2n) is 3.05. The van der Waals surface area contributed by atoms with Crippen LogP contribution in [0.3, 0.4) is 0 Å². The van der Waals surface area contributed by atoms with Crippen molar-refractivity contribution >= 4 is 25.3 Å². The fraction of sp³-hybridized carbons (Fsp3) is 0.500. The van der Waals surface area contributed by atoms with E-state index < -0.39 is 0 Å². The minimum Gasteiger partial charge on any atom is -0.696 e. The van der Waals surface area contributed by atoms with Crippen LogP contribution >= 0.6 is 0 Å². The Morgan fingerprint density at radius 3 is 1.58 bits per heavy atom. The third-order valence-corrected chi connectivity index (χ3v) is 1.78. The summed E-state index contributed by atoms with van der Waals surface area (Å²) in [5.41, 5.74) is 0. The minimum absolute atomic E-state index is 0. The van der Waals surface area contributed by atoms with Gasteiger partial charge in [0.15, 0.2) is 0 Å². The Kier molecular flexibility index (Phi) is 31.7. The fourth-order valence-electron chi connectivity index (χ4n) is 1.11. The van der Waals surface area contributed by atoms with Gasteiger partial charge in [0.1, 0.15) is 0 Å². The maximum atomic E-state index is 7.13. The maximum absolute atomic E-state index is 7.13. The second-order valence-corrected chi connectivity index (χ2v) is 3.41. The van der Waals surface area contributed by atoms with Gasteiger partial charge in [-0.05, 0) is 0 Å². The van der Waals surface area contributed by atoms with Gasteiger partial charge in [0.05, 0.1) is 0 Å². The molecule has 0 saturated carbocycles. The summed E-state index contributed by atoms with van der Waals surface area (Å²) in [6.07, 6.45) is 11.8. The summed E-state index contributed by atoms with van der Waals surface area (Å²) in [4.78, 5) is 0. The summed E-state index contributed by atoms with van der Waals surface area (Å²) in [6, 6.07) is 0. The fourth-order valence-corrected chi connectivity index (χ4v) is 1.11. The molecule has 2 aliphatic heterocycles. The van der Waals surface area contributed by atoms with Gasteiger partial charge in [-0.1, -0.05) is 42.2 Å². The van der Waals surface area contributed by atoms with Crippen molar-refractivity contribution in [1.82, 2.24) is 0 Å². The zero-order valence-corrected chi connectivity index (χ0v) is 13.2.